The number of rotatable bonds is 5. The first kappa shape index (κ1) is 19.0. The number of hydrogen-bond donors (Lipinski definition) is 2. The molecule has 0 atom stereocenters. The molecule has 0 aliphatic carbocycles. The van der Waals surface area contributed by atoms with Gasteiger partial charge in [0.15, 0.2) is 11.5 Å². The van der Waals surface area contributed by atoms with E-state index in [1.54, 1.807) is 37.3 Å². The molecule has 144 valence electrons. The summed E-state index contributed by atoms with van der Waals surface area (Å²) in [5.74, 6) is 1.01. The summed E-state index contributed by atoms with van der Waals surface area (Å²) in [5.41, 5.74) is 0.663. The van der Waals surface area contributed by atoms with Gasteiger partial charge in [-0.3, -0.25) is 10.1 Å². The summed E-state index contributed by atoms with van der Waals surface area (Å²) in [7, 11) is 3.12. The number of carbonyl (C=O) groups excluding carboxylic acids is 2. The molecule has 0 saturated carbocycles. The second-order valence-corrected chi connectivity index (χ2v) is 7.18. The van der Waals surface area contributed by atoms with Gasteiger partial charge in [0.05, 0.1) is 19.2 Å². The molecule has 1 aromatic carbocycles. The fourth-order valence-corrected chi connectivity index (χ4v) is 3.64. The van der Waals surface area contributed by atoms with Gasteiger partial charge in [0.25, 0.3) is 0 Å². The zero-order chi connectivity index (χ0) is 19.2. The van der Waals surface area contributed by atoms with Crippen LogP contribution >= 0.6 is 11.3 Å². The second kappa shape index (κ2) is 8.77. The SMILES string of the molecule is COc1ccc(NC(=O)C2CCN(C(=O)Nc3cccs3)CC2)cc1OC. The number of ether oxygens (including phenoxy) is 2. The van der Waals surface area contributed by atoms with Crippen molar-refractivity contribution >= 4 is 34.0 Å². The molecule has 1 aromatic heterocycles. The monoisotopic (exact) mass is 389 g/mol. The van der Waals surface area contributed by atoms with Gasteiger partial charge < -0.3 is 19.7 Å². The number of nitrogens with zero attached hydrogens (tertiary/aromatic N) is 1. The number of anilines is 2. The van der Waals surface area contributed by atoms with Crippen LogP contribution in [0.3, 0.4) is 0 Å². The van der Waals surface area contributed by atoms with Gasteiger partial charge in [-0.05, 0) is 42.5 Å². The minimum absolute atomic E-state index is 0.0412. The first-order valence-corrected chi connectivity index (χ1v) is 9.61. The number of nitrogens with one attached hydrogen (secondary N) is 2. The highest BCUT2D eigenvalue weighted by atomic mass is 32.1. The summed E-state index contributed by atoms with van der Waals surface area (Å²) in [4.78, 5) is 26.6. The van der Waals surface area contributed by atoms with Crippen molar-refractivity contribution in [1.82, 2.24) is 4.90 Å². The number of thiophene rings is 1. The zero-order valence-electron chi connectivity index (χ0n) is 15.4. The standard InChI is InChI=1S/C19H23N3O4S/c1-25-15-6-5-14(12-16(15)26-2)20-18(23)13-7-9-22(10-8-13)19(24)21-17-4-3-11-27-17/h3-6,11-13H,7-10H2,1-2H3,(H,20,23)(H,21,24). The molecule has 1 fully saturated rings. The highest BCUT2D eigenvalue weighted by Crippen LogP contribution is 2.30. The largest absolute Gasteiger partial charge is 0.493 e. The van der Waals surface area contributed by atoms with Crippen LogP contribution in [-0.2, 0) is 4.79 Å². The Kier molecular flexibility index (Phi) is 6.18. The van der Waals surface area contributed by atoms with Crippen molar-refractivity contribution < 1.29 is 19.1 Å². The first-order valence-electron chi connectivity index (χ1n) is 8.73. The predicted molar refractivity (Wildman–Crippen MR) is 106 cm³/mol. The van der Waals surface area contributed by atoms with Crippen molar-refractivity contribution in [2.45, 2.75) is 12.8 Å². The fourth-order valence-electron chi connectivity index (χ4n) is 3.04. The molecule has 2 heterocycles. The van der Waals surface area contributed by atoms with E-state index in [1.165, 1.54) is 11.3 Å². The lowest BCUT2D eigenvalue weighted by atomic mass is 9.96. The van der Waals surface area contributed by atoms with E-state index in [9.17, 15) is 9.59 Å². The minimum Gasteiger partial charge on any atom is -0.493 e. The van der Waals surface area contributed by atoms with Gasteiger partial charge in [-0.15, -0.1) is 11.3 Å². The summed E-state index contributed by atoms with van der Waals surface area (Å²) < 4.78 is 10.5. The molecule has 1 saturated heterocycles. The van der Waals surface area contributed by atoms with Crippen molar-refractivity contribution in [2.24, 2.45) is 5.92 Å². The van der Waals surface area contributed by atoms with Gasteiger partial charge in [0, 0.05) is 30.8 Å². The molecule has 0 radical (unpaired) electrons. The fraction of sp³-hybridized carbons (Fsp3) is 0.368. The third-order valence-corrected chi connectivity index (χ3v) is 5.34. The molecule has 7 nitrogen and oxygen atoms in total. The van der Waals surface area contributed by atoms with E-state index in [1.807, 2.05) is 17.5 Å². The number of likely N-dealkylation sites (tertiary alicyclic amines) is 1. The van der Waals surface area contributed by atoms with E-state index in [2.05, 4.69) is 10.6 Å². The number of hydrogen-bond acceptors (Lipinski definition) is 5. The Morgan fingerprint density at radius 1 is 1.07 bits per heavy atom. The lowest BCUT2D eigenvalue weighted by Crippen LogP contribution is -2.43. The molecule has 27 heavy (non-hydrogen) atoms. The first-order chi connectivity index (χ1) is 13.1. The topological polar surface area (TPSA) is 79.9 Å². The number of piperidine rings is 1. The average Bonchev–Trinajstić information content (AvgIpc) is 3.21. The summed E-state index contributed by atoms with van der Waals surface area (Å²) >= 11 is 1.49. The van der Waals surface area contributed by atoms with Gasteiger partial charge in [-0.1, -0.05) is 0 Å². The third kappa shape index (κ3) is 4.71. The smallest absolute Gasteiger partial charge is 0.322 e. The van der Waals surface area contributed by atoms with E-state index >= 15 is 0 Å². The molecule has 2 N–H and O–H groups in total. The van der Waals surface area contributed by atoms with Gasteiger partial charge in [-0.25, -0.2) is 4.79 Å². The summed E-state index contributed by atoms with van der Waals surface area (Å²) in [5, 5.41) is 8.55. The highest BCUT2D eigenvalue weighted by Gasteiger charge is 2.27. The maximum Gasteiger partial charge on any atom is 0.322 e. The van der Waals surface area contributed by atoms with Crippen molar-refractivity contribution in [3.8, 4) is 11.5 Å². The van der Waals surface area contributed by atoms with E-state index in [0.717, 1.165) is 5.00 Å². The quantitative estimate of drug-likeness (QED) is 0.818. The molecule has 3 amide bonds. The maximum absolute atomic E-state index is 12.6. The number of methoxy groups -OCH3 is 2. The Hall–Kier alpha value is -2.74. The number of urea groups is 1. The Morgan fingerprint density at radius 3 is 2.44 bits per heavy atom. The second-order valence-electron chi connectivity index (χ2n) is 6.23. The molecule has 0 spiro atoms. The van der Waals surface area contributed by atoms with Crippen LogP contribution in [-0.4, -0.2) is 44.1 Å². The Balaban J connectivity index is 1.52. The van der Waals surface area contributed by atoms with Crippen LogP contribution in [0.5, 0.6) is 11.5 Å². The van der Waals surface area contributed by atoms with E-state index < -0.39 is 0 Å². The van der Waals surface area contributed by atoms with E-state index in [4.69, 9.17) is 9.47 Å². The number of benzene rings is 1. The Morgan fingerprint density at radius 2 is 1.81 bits per heavy atom. The lowest BCUT2D eigenvalue weighted by Gasteiger charge is -2.31. The molecule has 8 heteroatoms. The third-order valence-electron chi connectivity index (χ3n) is 4.56. The van der Waals surface area contributed by atoms with Gasteiger partial charge in [0.2, 0.25) is 5.91 Å². The average molecular weight is 389 g/mol. The number of carbonyl (C=O) groups is 2. The van der Waals surface area contributed by atoms with E-state index in [0.29, 0.717) is 43.1 Å². The van der Waals surface area contributed by atoms with Crippen LogP contribution < -0.4 is 20.1 Å². The summed E-state index contributed by atoms with van der Waals surface area (Å²) in [6.07, 6.45) is 1.27. The minimum atomic E-state index is -0.121. The molecule has 0 unspecified atom stereocenters. The van der Waals surface area contributed by atoms with Crippen LogP contribution in [0.1, 0.15) is 12.8 Å². The van der Waals surface area contributed by atoms with E-state index in [-0.39, 0.29) is 17.9 Å². The van der Waals surface area contributed by atoms with Crippen LogP contribution in [0, 0.1) is 5.92 Å². The molecule has 1 aliphatic rings. The Labute approximate surface area is 162 Å². The molecule has 2 aromatic rings. The molecular weight excluding hydrogens is 366 g/mol. The summed E-state index contributed by atoms with van der Waals surface area (Å²) in [6.45, 7) is 1.11. The predicted octanol–water partition coefficient (Wildman–Crippen LogP) is 3.65. The van der Waals surface area contributed by atoms with Gasteiger partial charge in [-0.2, -0.15) is 0 Å². The molecule has 0 bridgehead atoms. The van der Waals surface area contributed by atoms with Crippen LogP contribution in [0.25, 0.3) is 0 Å². The number of amides is 3. The maximum atomic E-state index is 12.6. The van der Waals surface area contributed by atoms with Crippen LogP contribution in [0.15, 0.2) is 35.7 Å². The van der Waals surface area contributed by atoms with Crippen LogP contribution in [0.4, 0.5) is 15.5 Å². The summed E-state index contributed by atoms with van der Waals surface area (Å²) in [6, 6.07) is 8.92. The van der Waals surface area contributed by atoms with Crippen molar-refractivity contribution in [2.75, 3.05) is 37.9 Å². The Bertz CT molecular complexity index is 786. The van der Waals surface area contributed by atoms with Crippen LogP contribution in [0.2, 0.25) is 0 Å². The molecule has 1 aliphatic heterocycles. The normalized spacial score (nSPS) is 14.5. The zero-order valence-corrected chi connectivity index (χ0v) is 16.2. The molecular formula is C19H23N3O4S. The van der Waals surface area contributed by atoms with Crippen molar-refractivity contribution in [1.29, 1.82) is 0 Å². The highest BCUT2D eigenvalue weighted by molar-refractivity contribution is 7.14. The van der Waals surface area contributed by atoms with Gasteiger partial charge >= 0.3 is 6.03 Å². The van der Waals surface area contributed by atoms with Crippen molar-refractivity contribution in [3.05, 3.63) is 35.7 Å². The van der Waals surface area contributed by atoms with Gasteiger partial charge in [0.1, 0.15) is 0 Å². The van der Waals surface area contributed by atoms with Crippen molar-refractivity contribution in [3.63, 3.8) is 0 Å². The lowest BCUT2D eigenvalue weighted by molar-refractivity contribution is -0.121. The molecule has 3 rings (SSSR count).